The van der Waals surface area contributed by atoms with Gasteiger partial charge in [0.1, 0.15) is 10.7 Å². The summed E-state index contributed by atoms with van der Waals surface area (Å²) in [7, 11) is 1.60. The van der Waals surface area contributed by atoms with Crippen LogP contribution in [0.2, 0.25) is 0 Å². The number of thiocarbonyl (C=S) groups is 1. The van der Waals surface area contributed by atoms with Crippen LogP contribution in [-0.4, -0.2) is 18.7 Å². The Morgan fingerprint density at radius 1 is 1.44 bits per heavy atom. The molecular formula is C12H17NO2S. The van der Waals surface area contributed by atoms with Crippen LogP contribution in [0, 0.1) is 0 Å². The third kappa shape index (κ3) is 3.47. The Kier molecular flexibility index (Phi) is 5.22. The number of hydrogen-bond donors (Lipinski definition) is 1. The minimum Gasteiger partial charge on any atom is -0.496 e. The summed E-state index contributed by atoms with van der Waals surface area (Å²) in [6, 6.07) is 5.73. The van der Waals surface area contributed by atoms with Crippen molar-refractivity contribution >= 4 is 17.2 Å². The SMILES string of the molecule is CCCOCc1ccc(OC)c(C(N)=S)c1. The number of benzene rings is 1. The Hall–Kier alpha value is -1.13. The van der Waals surface area contributed by atoms with E-state index in [1.165, 1.54) is 0 Å². The molecule has 4 heteroatoms. The molecule has 16 heavy (non-hydrogen) atoms. The lowest BCUT2D eigenvalue weighted by Crippen LogP contribution is -2.11. The van der Waals surface area contributed by atoms with Gasteiger partial charge in [0, 0.05) is 6.61 Å². The third-order valence-electron chi connectivity index (χ3n) is 2.15. The van der Waals surface area contributed by atoms with E-state index in [2.05, 4.69) is 6.92 Å². The van der Waals surface area contributed by atoms with Gasteiger partial charge in [0.05, 0.1) is 19.3 Å². The first kappa shape index (κ1) is 12.9. The number of nitrogens with two attached hydrogens (primary N) is 1. The molecule has 0 saturated heterocycles. The summed E-state index contributed by atoms with van der Waals surface area (Å²) >= 11 is 4.97. The van der Waals surface area contributed by atoms with Crippen molar-refractivity contribution in [3.63, 3.8) is 0 Å². The van der Waals surface area contributed by atoms with Crippen LogP contribution < -0.4 is 10.5 Å². The van der Waals surface area contributed by atoms with Gasteiger partial charge in [-0.05, 0) is 24.1 Å². The molecule has 0 aliphatic heterocycles. The van der Waals surface area contributed by atoms with Crippen LogP contribution in [0.1, 0.15) is 24.5 Å². The molecular weight excluding hydrogens is 222 g/mol. The van der Waals surface area contributed by atoms with E-state index in [1.54, 1.807) is 7.11 Å². The molecule has 1 aromatic carbocycles. The van der Waals surface area contributed by atoms with Crippen LogP contribution in [0.3, 0.4) is 0 Å². The highest BCUT2D eigenvalue weighted by Crippen LogP contribution is 2.20. The number of rotatable bonds is 6. The first-order valence-electron chi connectivity index (χ1n) is 5.23. The van der Waals surface area contributed by atoms with E-state index in [0.29, 0.717) is 17.3 Å². The van der Waals surface area contributed by atoms with Crippen LogP contribution in [-0.2, 0) is 11.3 Å². The summed E-state index contributed by atoms with van der Waals surface area (Å²) in [5, 5.41) is 0. The maximum Gasteiger partial charge on any atom is 0.129 e. The van der Waals surface area contributed by atoms with Crippen molar-refractivity contribution in [2.75, 3.05) is 13.7 Å². The number of methoxy groups -OCH3 is 1. The van der Waals surface area contributed by atoms with Gasteiger partial charge in [-0.1, -0.05) is 25.2 Å². The standard InChI is InChI=1S/C12H17NO2S/c1-3-6-15-8-9-4-5-11(14-2)10(7-9)12(13)16/h4-5,7H,3,6,8H2,1-2H3,(H2,13,16). The van der Waals surface area contributed by atoms with Crippen molar-refractivity contribution < 1.29 is 9.47 Å². The van der Waals surface area contributed by atoms with E-state index >= 15 is 0 Å². The number of ether oxygens (including phenoxy) is 2. The second-order valence-corrected chi connectivity index (χ2v) is 3.89. The molecule has 0 bridgehead atoms. The summed E-state index contributed by atoms with van der Waals surface area (Å²) < 4.78 is 10.6. The molecule has 0 radical (unpaired) electrons. The average molecular weight is 239 g/mol. The second kappa shape index (κ2) is 6.45. The molecule has 0 saturated carbocycles. The van der Waals surface area contributed by atoms with Gasteiger partial charge in [0.15, 0.2) is 0 Å². The van der Waals surface area contributed by atoms with Gasteiger partial charge < -0.3 is 15.2 Å². The minimum atomic E-state index is 0.342. The molecule has 1 rings (SSSR count). The fraction of sp³-hybridized carbons (Fsp3) is 0.417. The molecule has 3 nitrogen and oxygen atoms in total. The van der Waals surface area contributed by atoms with Gasteiger partial charge >= 0.3 is 0 Å². The minimum absolute atomic E-state index is 0.342. The lowest BCUT2D eigenvalue weighted by atomic mass is 10.1. The molecule has 2 N–H and O–H groups in total. The Morgan fingerprint density at radius 3 is 2.75 bits per heavy atom. The van der Waals surface area contributed by atoms with Crippen molar-refractivity contribution in [1.82, 2.24) is 0 Å². The molecule has 0 atom stereocenters. The Bertz CT molecular complexity index is 366. The van der Waals surface area contributed by atoms with Gasteiger partial charge in [-0.2, -0.15) is 0 Å². The van der Waals surface area contributed by atoms with E-state index < -0.39 is 0 Å². The smallest absolute Gasteiger partial charge is 0.129 e. The largest absolute Gasteiger partial charge is 0.496 e. The van der Waals surface area contributed by atoms with Crippen molar-refractivity contribution in [2.24, 2.45) is 5.73 Å². The lowest BCUT2D eigenvalue weighted by molar-refractivity contribution is 0.121. The lowest BCUT2D eigenvalue weighted by Gasteiger charge is -2.09. The molecule has 0 aliphatic rings. The van der Waals surface area contributed by atoms with Crippen LogP contribution in [0.15, 0.2) is 18.2 Å². The van der Waals surface area contributed by atoms with E-state index in [9.17, 15) is 0 Å². The quantitative estimate of drug-likeness (QED) is 0.611. The van der Waals surface area contributed by atoms with Crippen molar-refractivity contribution in [3.05, 3.63) is 29.3 Å². The predicted octanol–water partition coefficient (Wildman–Crippen LogP) is 2.26. The van der Waals surface area contributed by atoms with Crippen molar-refractivity contribution in [3.8, 4) is 5.75 Å². The van der Waals surface area contributed by atoms with Crippen LogP contribution in [0.5, 0.6) is 5.75 Å². The van der Waals surface area contributed by atoms with Gasteiger partial charge in [-0.3, -0.25) is 0 Å². The predicted molar refractivity (Wildman–Crippen MR) is 68.8 cm³/mol. The summed E-state index contributed by atoms with van der Waals surface area (Å²) in [6.45, 7) is 3.41. The van der Waals surface area contributed by atoms with E-state index in [4.69, 9.17) is 27.4 Å². The van der Waals surface area contributed by atoms with Crippen LogP contribution >= 0.6 is 12.2 Å². The fourth-order valence-electron chi connectivity index (χ4n) is 1.37. The average Bonchev–Trinajstić information content (AvgIpc) is 2.29. The normalized spacial score (nSPS) is 10.1. The van der Waals surface area contributed by atoms with Gasteiger partial charge in [0.25, 0.3) is 0 Å². The summed E-state index contributed by atoms with van der Waals surface area (Å²) in [6.07, 6.45) is 1.01. The topological polar surface area (TPSA) is 44.5 Å². The Labute approximate surface area is 102 Å². The van der Waals surface area contributed by atoms with Crippen LogP contribution in [0.25, 0.3) is 0 Å². The molecule has 0 fully saturated rings. The maximum atomic E-state index is 5.62. The first-order valence-corrected chi connectivity index (χ1v) is 5.64. The molecule has 0 unspecified atom stereocenters. The van der Waals surface area contributed by atoms with Crippen molar-refractivity contribution in [2.45, 2.75) is 20.0 Å². The molecule has 0 aromatic heterocycles. The molecule has 0 amide bonds. The van der Waals surface area contributed by atoms with E-state index in [1.807, 2.05) is 18.2 Å². The molecule has 0 aliphatic carbocycles. The zero-order valence-corrected chi connectivity index (χ0v) is 10.5. The number of hydrogen-bond acceptors (Lipinski definition) is 3. The van der Waals surface area contributed by atoms with E-state index in [-0.39, 0.29) is 0 Å². The monoisotopic (exact) mass is 239 g/mol. The summed E-state index contributed by atoms with van der Waals surface area (Å²) in [5.41, 5.74) is 7.44. The van der Waals surface area contributed by atoms with Gasteiger partial charge in [-0.15, -0.1) is 0 Å². The fourth-order valence-corrected chi connectivity index (χ4v) is 1.53. The van der Waals surface area contributed by atoms with Gasteiger partial charge in [-0.25, -0.2) is 0 Å². The highest BCUT2D eigenvalue weighted by molar-refractivity contribution is 7.80. The molecule has 88 valence electrons. The summed E-state index contributed by atoms with van der Waals surface area (Å²) in [4.78, 5) is 0.342. The Morgan fingerprint density at radius 2 is 2.19 bits per heavy atom. The van der Waals surface area contributed by atoms with Crippen LogP contribution in [0.4, 0.5) is 0 Å². The summed E-state index contributed by atoms with van der Waals surface area (Å²) in [5.74, 6) is 0.701. The highest BCUT2D eigenvalue weighted by Gasteiger charge is 2.06. The zero-order valence-electron chi connectivity index (χ0n) is 9.66. The molecule has 0 heterocycles. The Balaban J connectivity index is 2.81. The maximum absolute atomic E-state index is 5.62. The second-order valence-electron chi connectivity index (χ2n) is 3.45. The molecule has 1 aromatic rings. The van der Waals surface area contributed by atoms with E-state index in [0.717, 1.165) is 24.2 Å². The highest BCUT2D eigenvalue weighted by atomic mass is 32.1. The first-order chi connectivity index (χ1) is 7.69. The van der Waals surface area contributed by atoms with Crippen molar-refractivity contribution in [1.29, 1.82) is 0 Å². The van der Waals surface area contributed by atoms with Gasteiger partial charge in [0.2, 0.25) is 0 Å². The third-order valence-corrected chi connectivity index (χ3v) is 2.37. The molecule has 0 spiro atoms. The zero-order chi connectivity index (χ0) is 12.0.